The normalized spacial score (nSPS) is 20.7. The highest BCUT2D eigenvalue weighted by Gasteiger charge is 2.39. The molecule has 30 heavy (non-hydrogen) atoms. The Hall–Kier alpha value is -1.92. The van der Waals surface area contributed by atoms with E-state index in [0.717, 1.165) is 34.9 Å². The minimum absolute atomic E-state index is 0.0332. The van der Waals surface area contributed by atoms with E-state index in [4.69, 9.17) is 23.2 Å². The summed E-state index contributed by atoms with van der Waals surface area (Å²) in [6.45, 7) is 1.67. The van der Waals surface area contributed by atoms with Crippen molar-refractivity contribution in [2.75, 3.05) is 13.1 Å². The van der Waals surface area contributed by atoms with Gasteiger partial charge in [0.1, 0.15) is 0 Å². The molecule has 0 saturated carbocycles. The standard InChI is InChI=1S/C23H21Cl2N3OS/c1-27-9-8-15-10-18(4-5-19(15)27)30-20-6-2-14(22(24)23(20)25)3-7-21(29)28-13-16-11-17(28)12-26-16/h2-10,16-17,26H,11-13H2,1H3/t16-,17-/m0/s1. The molecular formula is C23H21Cl2N3OS. The van der Waals surface area contributed by atoms with Crippen LogP contribution in [-0.4, -0.2) is 40.5 Å². The number of aromatic nitrogens is 1. The molecule has 0 spiro atoms. The van der Waals surface area contributed by atoms with Crippen LogP contribution in [0.15, 0.2) is 58.5 Å². The molecule has 0 radical (unpaired) electrons. The van der Waals surface area contributed by atoms with E-state index in [0.29, 0.717) is 22.1 Å². The molecule has 0 unspecified atom stereocenters. The van der Waals surface area contributed by atoms with Gasteiger partial charge in [-0.3, -0.25) is 4.79 Å². The topological polar surface area (TPSA) is 37.3 Å². The van der Waals surface area contributed by atoms with Crippen molar-refractivity contribution in [3.8, 4) is 0 Å². The second kappa shape index (κ2) is 7.97. The maximum absolute atomic E-state index is 12.6. The van der Waals surface area contributed by atoms with Gasteiger partial charge in [-0.15, -0.1) is 0 Å². The third kappa shape index (κ3) is 3.65. The van der Waals surface area contributed by atoms with Gasteiger partial charge in [-0.25, -0.2) is 0 Å². The zero-order valence-electron chi connectivity index (χ0n) is 16.4. The van der Waals surface area contributed by atoms with Gasteiger partial charge in [0.2, 0.25) is 5.91 Å². The van der Waals surface area contributed by atoms with Crippen LogP contribution in [0.1, 0.15) is 12.0 Å². The number of fused-ring (bicyclic) bond motifs is 3. The summed E-state index contributed by atoms with van der Waals surface area (Å²) in [6.07, 6.45) is 6.47. The maximum Gasteiger partial charge on any atom is 0.246 e. The summed E-state index contributed by atoms with van der Waals surface area (Å²) >= 11 is 14.7. The van der Waals surface area contributed by atoms with Gasteiger partial charge in [0.25, 0.3) is 0 Å². The van der Waals surface area contributed by atoms with Crippen LogP contribution < -0.4 is 5.32 Å². The van der Waals surface area contributed by atoms with E-state index in [1.807, 2.05) is 24.1 Å². The number of nitrogens with zero attached hydrogens (tertiary/aromatic N) is 2. The van der Waals surface area contributed by atoms with Gasteiger partial charge in [0, 0.05) is 65.2 Å². The Bertz CT molecular complexity index is 1170. The Morgan fingerprint density at radius 1 is 1.20 bits per heavy atom. The van der Waals surface area contributed by atoms with Crippen molar-refractivity contribution in [2.24, 2.45) is 7.05 Å². The number of nitrogens with one attached hydrogen (secondary N) is 1. The third-order valence-electron chi connectivity index (χ3n) is 5.91. The molecule has 2 aromatic carbocycles. The van der Waals surface area contributed by atoms with Crippen LogP contribution in [0.25, 0.3) is 17.0 Å². The lowest BCUT2D eigenvalue weighted by Gasteiger charge is -2.26. The summed E-state index contributed by atoms with van der Waals surface area (Å²) in [6, 6.07) is 13.1. The van der Waals surface area contributed by atoms with Gasteiger partial charge >= 0.3 is 0 Å². The fourth-order valence-electron chi connectivity index (χ4n) is 4.29. The molecule has 4 nitrogen and oxygen atoms in total. The number of benzene rings is 2. The van der Waals surface area contributed by atoms with E-state index in [9.17, 15) is 4.79 Å². The van der Waals surface area contributed by atoms with Crippen molar-refractivity contribution in [2.45, 2.75) is 28.3 Å². The Morgan fingerprint density at radius 3 is 2.83 bits per heavy atom. The number of aryl methyl sites for hydroxylation is 1. The van der Waals surface area contributed by atoms with Crippen LogP contribution >= 0.6 is 35.0 Å². The summed E-state index contributed by atoms with van der Waals surface area (Å²) in [5.74, 6) is 0.0332. The number of hydrogen-bond donors (Lipinski definition) is 1. The Labute approximate surface area is 189 Å². The maximum atomic E-state index is 12.6. The zero-order chi connectivity index (χ0) is 20.8. The number of rotatable bonds is 4. The summed E-state index contributed by atoms with van der Waals surface area (Å²) in [4.78, 5) is 16.5. The lowest BCUT2D eigenvalue weighted by Crippen LogP contribution is -2.45. The predicted octanol–water partition coefficient (Wildman–Crippen LogP) is 5.22. The monoisotopic (exact) mass is 457 g/mol. The summed E-state index contributed by atoms with van der Waals surface area (Å²) in [7, 11) is 2.04. The number of carbonyl (C=O) groups excluding carboxylic acids is 1. The van der Waals surface area contributed by atoms with E-state index in [2.05, 4.69) is 40.3 Å². The summed E-state index contributed by atoms with van der Waals surface area (Å²) < 4.78 is 2.10. The Kier molecular flexibility index (Phi) is 5.31. The van der Waals surface area contributed by atoms with Crippen molar-refractivity contribution in [1.82, 2.24) is 14.8 Å². The van der Waals surface area contributed by atoms with Crippen LogP contribution in [0.2, 0.25) is 10.0 Å². The lowest BCUT2D eigenvalue weighted by atomic mass is 10.2. The van der Waals surface area contributed by atoms with Gasteiger partial charge in [-0.2, -0.15) is 0 Å². The quantitative estimate of drug-likeness (QED) is 0.545. The van der Waals surface area contributed by atoms with Gasteiger partial charge in [-0.05, 0) is 48.4 Å². The molecule has 1 N–H and O–H groups in total. The zero-order valence-corrected chi connectivity index (χ0v) is 18.8. The largest absolute Gasteiger partial charge is 0.351 e. The molecule has 7 heteroatoms. The van der Waals surface area contributed by atoms with Crippen LogP contribution in [0.3, 0.4) is 0 Å². The SMILES string of the molecule is Cn1ccc2cc(Sc3ccc(C=CC(=O)N4C[C@@H]5C[C@H]4CN5)c(Cl)c3Cl)ccc21. The van der Waals surface area contributed by atoms with Crippen LogP contribution in [0.5, 0.6) is 0 Å². The number of likely N-dealkylation sites (tertiary alicyclic amines) is 1. The molecule has 2 aliphatic heterocycles. The summed E-state index contributed by atoms with van der Waals surface area (Å²) in [5.41, 5.74) is 1.94. The molecule has 3 aromatic rings. The fourth-order valence-corrected chi connectivity index (χ4v) is 5.77. The highest BCUT2D eigenvalue weighted by molar-refractivity contribution is 7.99. The summed E-state index contributed by atoms with van der Waals surface area (Å²) in [5, 5.41) is 5.57. The number of piperazine rings is 1. The molecular weight excluding hydrogens is 437 g/mol. The van der Waals surface area contributed by atoms with Crippen molar-refractivity contribution in [3.05, 3.63) is 64.3 Å². The Balaban J connectivity index is 1.33. The molecule has 2 fully saturated rings. The van der Waals surface area contributed by atoms with Crippen molar-refractivity contribution in [1.29, 1.82) is 0 Å². The molecule has 5 rings (SSSR count). The lowest BCUT2D eigenvalue weighted by molar-refractivity contribution is -0.127. The third-order valence-corrected chi connectivity index (χ3v) is 7.96. The van der Waals surface area contributed by atoms with E-state index in [1.54, 1.807) is 23.9 Å². The average Bonchev–Trinajstić information content (AvgIpc) is 3.47. The number of halogens is 2. The first-order chi connectivity index (χ1) is 14.5. The van der Waals surface area contributed by atoms with Crippen LogP contribution in [-0.2, 0) is 11.8 Å². The van der Waals surface area contributed by atoms with Crippen molar-refractivity contribution >= 4 is 57.8 Å². The minimum Gasteiger partial charge on any atom is -0.351 e. The molecule has 1 amide bonds. The average molecular weight is 458 g/mol. The molecule has 2 saturated heterocycles. The first kappa shape index (κ1) is 20.0. The second-order valence-electron chi connectivity index (χ2n) is 7.85. The first-order valence-corrected chi connectivity index (χ1v) is 11.5. The predicted molar refractivity (Wildman–Crippen MR) is 124 cm³/mol. The molecule has 2 aliphatic rings. The molecule has 154 valence electrons. The molecule has 0 aliphatic carbocycles. The van der Waals surface area contributed by atoms with Crippen molar-refractivity contribution < 1.29 is 4.79 Å². The molecule has 3 heterocycles. The van der Waals surface area contributed by atoms with Gasteiger partial charge in [0.15, 0.2) is 0 Å². The first-order valence-electron chi connectivity index (χ1n) is 9.92. The second-order valence-corrected chi connectivity index (χ2v) is 9.72. The minimum atomic E-state index is 0.0332. The fraction of sp³-hybridized carbons (Fsp3) is 0.261. The number of carbonyl (C=O) groups is 1. The highest BCUT2D eigenvalue weighted by Crippen LogP contribution is 2.40. The molecule has 2 atom stereocenters. The van der Waals surface area contributed by atoms with Crippen molar-refractivity contribution in [3.63, 3.8) is 0 Å². The van der Waals surface area contributed by atoms with E-state index < -0.39 is 0 Å². The number of amides is 1. The highest BCUT2D eigenvalue weighted by atomic mass is 35.5. The molecule has 1 aromatic heterocycles. The Morgan fingerprint density at radius 2 is 2.07 bits per heavy atom. The van der Waals surface area contributed by atoms with Gasteiger partial charge in [-0.1, -0.05) is 41.0 Å². The van der Waals surface area contributed by atoms with Gasteiger partial charge < -0.3 is 14.8 Å². The van der Waals surface area contributed by atoms with Gasteiger partial charge in [0.05, 0.1) is 10.0 Å². The van der Waals surface area contributed by atoms with Crippen LogP contribution in [0, 0.1) is 0 Å². The smallest absolute Gasteiger partial charge is 0.246 e. The number of hydrogen-bond acceptors (Lipinski definition) is 3. The molecule has 2 bridgehead atoms. The van der Waals surface area contributed by atoms with E-state index in [1.165, 1.54) is 10.9 Å². The van der Waals surface area contributed by atoms with E-state index in [-0.39, 0.29) is 5.91 Å². The van der Waals surface area contributed by atoms with Crippen LogP contribution in [0.4, 0.5) is 0 Å². The van der Waals surface area contributed by atoms with E-state index >= 15 is 0 Å².